The molecule has 1 amide bonds. The molecule has 0 unspecified atom stereocenters. The molecule has 1 aliphatic heterocycles. The summed E-state index contributed by atoms with van der Waals surface area (Å²) in [5.41, 5.74) is 1.10. The van der Waals surface area contributed by atoms with Gasteiger partial charge in [-0.05, 0) is 75.2 Å². The van der Waals surface area contributed by atoms with E-state index in [1.807, 2.05) is 0 Å². The summed E-state index contributed by atoms with van der Waals surface area (Å²) >= 11 is 0. The number of fused-ring (bicyclic) bond motifs is 1. The predicted molar refractivity (Wildman–Crippen MR) is 141 cm³/mol. The van der Waals surface area contributed by atoms with Gasteiger partial charge in [0.1, 0.15) is 5.75 Å². The molecule has 0 spiro atoms. The summed E-state index contributed by atoms with van der Waals surface area (Å²) in [6.45, 7) is 4.98. The van der Waals surface area contributed by atoms with Gasteiger partial charge in [0.2, 0.25) is 10.0 Å². The van der Waals surface area contributed by atoms with Gasteiger partial charge in [-0.25, -0.2) is 13.1 Å². The third kappa shape index (κ3) is 6.03. The largest absolute Gasteiger partial charge is 0.497 e. The van der Waals surface area contributed by atoms with Crippen LogP contribution in [0.3, 0.4) is 0 Å². The molecule has 1 aromatic heterocycles. The zero-order valence-electron chi connectivity index (χ0n) is 21.0. The molecule has 1 aliphatic rings. The molecule has 0 saturated carbocycles. The minimum Gasteiger partial charge on any atom is -0.497 e. The maximum absolute atomic E-state index is 13.3. The molecule has 0 radical (unpaired) electrons. The Morgan fingerprint density at radius 2 is 1.81 bits per heavy atom. The van der Waals surface area contributed by atoms with Gasteiger partial charge in [-0.2, -0.15) is 0 Å². The van der Waals surface area contributed by atoms with Crippen LogP contribution in [0.5, 0.6) is 5.75 Å². The Balaban J connectivity index is 1.54. The number of pyridine rings is 1. The lowest BCUT2D eigenvalue weighted by molar-refractivity contribution is 0.0799. The molecular formula is C27H34N4O4S. The number of piperidine rings is 1. The molecule has 3 atom stereocenters. The van der Waals surface area contributed by atoms with Crippen LogP contribution in [0, 0.1) is 0 Å². The van der Waals surface area contributed by atoms with E-state index in [-0.39, 0.29) is 17.3 Å². The Morgan fingerprint density at radius 3 is 2.50 bits per heavy atom. The smallest absolute Gasteiger partial charge is 0.251 e. The van der Waals surface area contributed by atoms with Gasteiger partial charge in [0.25, 0.3) is 5.91 Å². The van der Waals surface area contributed by atoms with Crippen molar-refractivity contribution in [2.24, 2.45) is 0 Å². The Labute approximate surface area is 213 Å². The van der Waals surface area contributed by atoms with Crippen LogP contribution in [-0.4, -0.2) is 62.5 Å². The number of carbonyl (C=O) groups is 1. The van der Waals surface area contributed by atoms with E-state index in [9.17, 15) is 13.2 Å². The Hall–Kier alpha value is -3.01. The minimum atomic E-state index is -3.84. The number of likely N-dealkylation sites (tertiary alicyclic amines) is 1. The number of benzene rings is 2. The third-order valence-electron chi connectivity index (χ3n) is 6.91. The number of aromatic nitrogens is 1. The average Bonchev–Trinajstić information content (AvgIpc) is 2.89. The van der Waals surface area contributed by atoms with Gasteiger partial charge in [-0.15, -0.1) is 0 Å². The first-order valence-electron chi connectivity index (χ1n) is 12.3. The van der Waals surface area contributed by atoms with Gasteiger partial charge in [0.15, 0.2) is 0 Å². The monoisotopic (exact) mass is 510 g/mol. The number of methoxy groups -OCH3 is 1. The van der Waals surface area contributed by atoms with E-state index in [1.54, 1.807) is 67.9 Å². The lowest BCUT2D eigenvalue weighted by Crippen LogP contribution is -2.54. The van der Waals surface area contributed by atoms with Crippen molar-refractivity contribution < 1.29 is 17.9 Å². The van der Waals surface area contributed by atoms with Crippen LogP contribution < -0.4 is 14.8 Å². The number of amides is 1. The van der Waals surface area contributed by atoms with Crippen LogP contribution in [0.25, 0.3) is 10.9 Å². The van der Waals surface area contributed by atoms with Gasteiger partial charge in [-0.1, -0.05) is 12.5 Å². The molecule has 1 fully saturated rings. The summed E-state index contributed by atoms with van der Waals surface area (Å²) in [7, 11) is -2.26. The fourth-order valence-corrected chi connectivity index (χ4v) is 6.15. The number of rotatable bonds is 9. The molecule has 2 heterocycles. The SMILES string of the molecule is COc1ccc(C(=O)N[C@@H](CNS(=O)(=O)c2cccc3ncccc23)CN2[C@H](C)CCC[C@@H]2C)cc1. The third-order valence-corrected chi connectivity index (χ3v) is 8.39. The van der Waals surface area contributed by atoms with E-state index in [0.717, 1.165) is 12.8 Å². The first-order valence-corrected chi connectivity index (χ1v) is 13.8. The number of hydrogen-bond acceptors (Lipinski definition) is 6. The van der Waals surface area contributed by atoms with Crippen molar-refractivity contribution in [3.05, 3.63) is 66.4 Å². The summed E-state index contributed by atoms with van der Waals surface area (Å²) in [5.74, 6) is 0.407. The van der Waals surface area contributed by atoms with Crippen molar-refractivity contribution >= 4 is 26.8 Å². The summed E-state index contributed by atoms with van der Waals surface area (Å²) in [5, 5.41) is 3.62. The van der Waals surface area contributed by atoms with Crippen molar-refractivity contribution in [2.75, 3.05) is 20.2 Å². The highest BCUT2D eigenvalue weighted by Crippen LogP contribution is 2.24. The first-order chi connectivity index (χ1) is 17.3. The molecule has 1 saturated heterocycles. The lowest BCUT2D eigenvalue weighted by atomic mass is 9.97. The van der Waals surface area contributed by atoms with Crippen LogP contribution in [0.4, 0.5) is 0 Å². The fourth-order valence-electron chi connectivity index (χ4n) is 4.86. The van der Waals surface area contributed by atoms with E-state index in [0.29, 0.717) is 40.8 Å². The normalized spacial score (nSPS) is 19.6. The summed E-state index contributed by atoms with van der Waals surface area (Å²) in [6.07, 6.45) is 4.97. The van der Waals surface area contributed by atoms with Crippen LogP contribution in [-0.2, 0) is 10.0 Å². The second-order valence-electron chi connectivity index (χ2n) is 9.40. The minimum absolute atomic E-state index is 0.0663. The molecule has 36 heavy (non-hydrogen) atoms. The molecule has 3 aromatic rings. The summed E-state index contributed by atoms with van der Waals surface area (Å²) in [6, 6.07) is 15.7. The van der Waals surface area contributed by atoms with E-state index in [1.165, 1.54) is 6.42 Å². The van der Waals surface area contributed by atoms with E-state index >= 15 is 0 Å². The standard InChI is InChI=1S/C27H34N4O4S/c1-19-7-4-8-20(2)31(19)18-22(30-27(32)21-12-14-23(35-3)15-13-21)17-29-36(33,34)26-11-5-10-25-24(26)9-6-16-28-25/h5-6,9-16,19-20,22,29H,4,7-8,17-18H2,1-3H3,(H,30,32)/t19-,20+,22-/m0/s1. The topological polar surface area (TPSA) is 101 Å². The molecule has 2 N–H and O–H groups in total. The highest BCUT2D eigenvalue weighted by atomic mass is 32.2. The number of nitrogens with one attached hydrogen (secondary N) is 2. The highest BCUT2D eigenvalue weighted by Gasteiger charge is 2.29. The van der Waals surface area contributed by atoms with Crippen molar-refractivity contribution in [3.8, 4) is 5.75 Å². The van der Waals surface area contributed by atoms with E-state index in [4.69, 9.17) is 4.74 Å². The first kappa shape index (κ1) is 26.1. The van der Waals surface area contributed by atoms with Crippen LogP contribution in [0.2, 0.25) is 0 Å². The summed E-state index contributed by atoms with van der Waals surface area (Å²) < 4.78 is 34.6. The van der Waals surface area contributed by atoms with Gasteiger partial charge in [0, 0.05) is 42.3 Å². The molecule has 192 valence electrons. The predicted octanol–water partition coefficient (Wildman–Crippen LogP) is 3.58. The maximum atomic E-state index is 13.3. The fraction of sp³-hybridized carbons (Fsp3) is 0.407. The van der Waals surface area contributed by atoms with E-state index in [2.05, 4.69) is 33.8 Å². The molecule has 8 nitrogen and oxygen atoms in total. The molecule has 0 bridgehead atoms. The molecule has 2 aromatic carbocycles. The zero-order chi connectivity index (χ0) is 25.7. The van der Waals surface area contributed by atoms with Gasteiger partial charge in [-0.3, -0.25) is 14.7 Å². The Morgan fingerprint density at radius 1 is 1.08 bits per heavy atom. The van der Waals surface area contributed by atoms with Gasteiger partial charge < -0.3 is 10.1 Å². The quantitative estimate of drug-likeness (QED) is 0.456. The van der Waals surface area contributed by atoms with Crippen LogP contribution in [0.1, 0.15) is 43.5 Å². The Kier molecular flexibility index (Phi) is 8.23. The summed E-state index contributed by atoms with van der Waals surface area (Å²) in [4.78, 5) is 19.9. The van der Waals surface area contributed by atoms with Crippen molar-refractivity contribution in [2.45, 2.75) is 56.1 Å². The number of nitrogens with zero attached hydrogens (tertiary/aromatic N) is 2. The second-order valence-corrected chi connectivity index (χ2v) is 11.1. The molecule has 0 aliphatic carbocycles. The lowest BCUT2D eigenvalue weighted by Gasteiger charge is -2.41. The maximum Gasteiger partial charge on any atom is 0.251 e. The number of hydrogen-bond donors (Lipinski definition) is 2. The van der Waals surface area contributed by atoms with Crippen LogP contribution >= 0.6 is 0 Å². The van der Waals surface area contributed by atoms with Crippen molar-refractivity contribution in [1.82, 2.24) is 19.9 Å². The molecule has 4 rings (SSSR count). The molecule has 9 heteroatoms. The van der Waals surface area contributed by atoms with E-state index < -0.39 is 16.1 Å². The second kappa shape index (κ2) is 11.4. The number of sulfonamides is 1. The van der Waals surface area contributed by atoms with Gasteiger partial charge >= 0.3 is 0 Å². The van der Waals surface area contributed by atoms with Crippen LogP contribution in [0.15, 0.2) is 65.7 Å². The molecular weight excluding hydrogens is 476 g/mol. The zero-order valence-corrected chi connectivity index (χ0v) is 21.8. The Bertz CT molecular complexity index is 1280. The highest BCUT2D eigenvalue weighted by molar-refractivity contribution is 7.89. The average molecular weight is 511 g/mol. The van der Waals surface area contributed by atoms with Crippen molar-refractivity contribution in [1.29, 1.82) is 0 Å². The number of carbonyl (C=O) groups excluding carboxylic acids is 1. The number of ether oxygens (including phenoxy) is 1. The van der Waals surface area contributed by atoms with Crippen molar-refractivity contribution in [3.63, 3.8) is 0 Å². The van der Waals surface area contributed by atoms with Gasteiger partial charge in [0.05, 0.1) is 23.6 Å².